The normalized spacial score (nSPS) is 12.5. The van der Waals surface area contributed by atoms with E-state index in [9.17, 15) is 72.9 Å². The predicted molar refractivity (Wildman–Crippen MR) is 156 cm³/mol. The number of ether oxygens (including phenoxy) is 3. The van der Waals surface area contributed by atoms with E-state index in [-0.39, 0.29) is 93.0 Å². The van der Waals surface area contributed by atoms with Gasteiger partial charge in [-0.3, -0.25) is 28.8 Å². The molecule has 0 heterocycles. The van der Waals surface area contributed by atoms with Crippen LogP contribution in [0.1, 0.15) is 42.8 Å². The van der Waals surface area contributed by atoms with Gasteiger partial charge in [0.05, 0.1) is 38.5 Å². The van der Waals surface area contributed by atoms with E-state index in [0.29, 0.717) is 18.2 Å². The Morgan fingerprint density at radius 1 is 0.407 bits per heavy atom. The van der Waals surface area contributed by atoms with Crippen LogP contribution < -0.4 is 88.7 Å². The maximum Gasteiger partial charge on any atom is 1.00 e. The van der Waals surface area contributed by atoms with E-state index in [1.54, 1.807) is 0 Å². The molecule has 27 heteroatoms. The number of rotatable bonds is 18. The third-order valence-corrected chi connectivity index (χ3v) is 4.98. The Morgan fingerprint density at radius 3 is 0.685 bits per heavy atom. The summed E-state index contributed by atoms with van der Waals surface area (Å²) in [7, 11) is 0. The van der Waals surface area contributed by atoms with E-state index in [0.717, 1.165) is 0 Å². The second-order valence-corrected chi connectivity index (χ2v) is 9.24. The Labute approximate surface area is 372 Å². The van der Waals surface area contributed by atoms with Gasteiger partial charge in [0.15, 0.2) is 16.8 Å². The van der Waals surface area contributed by atoms with Crippen molar-refractivity contribution in [1.82, 2.24) is 0 Å². The number of hydrogen-bond donors (Lipinski definition) is 9. The third-order valence-electron chi connectivity index (χ3n) is 4.98. The van der Waals surface area contributed by atoms with Gasteiger partial charge in [0, 0.05) is 18.2 Å². The number of carboxylic acid groups (broad SMARTS) is 6. The molecule has 0 aromatic rings. The Morgan fingerprint density at radius 2 is 0.574 bits per heavy atom. The molecule has 0 aliphatic carbocycles. The molecular weight excluding hydrogens is 777 g/mol. The molecule has 0 aromatic carbocycles. The minimum absolute atomic E-state index is 0. The van der Waals surface area contributed by atoms with Crippen molar-refractivity contribution in [3.63, 3.8) is 0 Å². The molecule has 0 aliphatic heterocycles. The minimum Gasteiger partial charge on any atom is -1.00 e. The average Bonchev–Trinajstić information content (AvgIpc) is 2.95. The zero-order chi connectivity index (χ0) is 40.9. The van der Waals surface area contributed by atoms with Crippen LogP contribution in [-0.2, 0) is 71.7 Å². The first-order valence-corrected chi connectivity index (χ1v) is 12.8. The molecule has 0 radical (unpaired) electrons. The summed E-state index contributed by atoms with van der Waals surface area (Å²) >= 11 is 0. The van der Waals surface area contributed by atoms with Crippen LogP contribution in [-0.4, -0.2) is 134 Å². The molecular formula is C27H33Na3O24. The van der Waals surface area contributed by atoms with Gasteiger partial charge < -0.3 is 64.4 Å². The second-order valence-electron chi connectivity index (χ2n) is 9.24. The van der Waals surface area contributed by atoms with Gasteiger partial charge in [-0.15, -0.1) is 0 Å². The van der Waals surface area contributed by atoms with Gasteiger partial charge in [-0.25, -0.2) is 28.8 Å². The van der Waals surface area contributed by atoms with Crippen molar-refractivity contribution >= 4 is 71.6 Å². The van der Waals surface area contributed by atoms with Gasteiger partial charge in [0.25, 0.3) is 0 Å². The van der Waals surface area contributed by atoms with Crippen LogP contribution in [0.3, 0.4) is 0 Å². The van der Waals surface area contributed by atoms with Gasteiger partial charge in [-0.1, -0.05) is 19.7 Å². The quantitative estimate of drug-likeness (QED) is 0.0204. The molecule has 9 N–H and O–H groups in total. The van der Waals surface area contributed by atoms with E-state index >= 15 is 0 Å². The van der Waals surface area contributed by atoms with Crippen LogP contribution in [0, 0.1) is 0 Å². The molecule has 0 saturated carbocycles. The van der Waals surface area contributed by atoms with Crippen molar-refractivity contribution in [3.8, 4) is 0 Å². The van der Waals surface area contributed by atoms with Crippen LogP contribution in [0.25, 0.3) is 0 Å². The second kappa shape index (κ2) is 29.7. The fourth-order valence-electron chi connectivity index (χ4n) is 2.68. The summed E-state index contributed by atoms with van der Waals surface area (Å²) in [5.41, 5.74) is -8.45. The molecule has 0 rings (SSSR count). The topological polar surface area (TPSA) is 415 Å². The van der Waals surface area contributed by atoms with E-state index in [1.807, 2.05) is 0 Å². The number of carbonyl (C=O) groups excluding carboxylic acids is 6. The Kier molecular flexibility index (Phi) is 34.2. The summed E-state index contributed by atoms with van der Waals surface area (Å²) in [6.45, 7) is 8.98. The van der Waals surface area contributed by atoms with Crippen molar-refractivity contribution in [3.05, 3.63) is 38.0 Å². The van der Waals surface area contributed by atoms with Crippen molar-refractivity contribution < 1.29 is 211 Å². The van der Waals surface area contributed by atoms with Crippen LogP contribution in [0.2, 0.25) is 0 Å². The molecule has 3 atom stereocenters. The Balaban J connectivity index is -0.0000000823. The predicted octanol–water partition coefficient (Wildman–Crippen LogP) is -11.9. The largest absolute Gasteiger partial charge is 1.00 e. The summed E-state index contributed by atoms with van der Waals surface area (Å²) in [5.74, 6) is -18.0. The SMILES string of the molecule is C=CC(=O)OC(=O)CC(O)(CC(=O)O)C(=O)O.C=CC(=O)OC(=O)CC(O)(CC(=O)O)C(=O)O.C=CC(=O)OC(=O)CC(O)(CC(=O)O)C(=O)O.[H-].[H-].[H-].[Na+].[Na+].[Na+]. The summed E-state index contributed by atoms with van der Waals surface area (Å²) < 4.78 is 12.0. The van der Waals surface area contributed by atoms with Crippen LogP contribution >= 0.6 is 0 Å². The van der Waals surface area contributed by atoms with Crippen LogP contribution in [0.15, 0.2) is 38.0 Å². The fourth-order valence-corrected chi connectivity index (χ4v) is 2.68. The number of hydrogen-bond acceptors (Lipinski definition) is 18. The molecule has 0 bridgehead atoms. The summed E-state index contributed by atoms with van der Waals surface area (Å²) in [6, 6.07) is 0. The standard InChI is InChI=1S/3C9H10O8.3Na.3H/c3*1-2-6(12)17-7(13)4-9(16,8(14)15)3-5(10)11;;;;;;/h3*2,16H,1,3-4H2,(H,10,11)(H,14,15);;;;;;/q;;;3*+1;3*-1. The van der Waals surface area contributed by atoms with E-state index in [1.165, 1.54) is 0 Å². The van der Waals surface area contributed by atoms with Crippen molar-refractivity contribution in [1.29, 1.82) is 0 Å². The van der Waals surface area contributed by atoms with Crippen molar-refractivity contribution in [2.45, 2.75) is 55.3 Å². The Hall–Kier alpha value is -3.66. The monoisotopic (exact) mass is 810 g/mol. The van der Waals surface area contributed by atoms with Crippen LogP contribution in [0.4, 0.5) is 0 Å². The van der Waals surface area contributed by atoms with Gasteiger partial charge in [-0.05, 0) is 0 Å². The average molecular weight is 811 g/mol. The molecule has 0 spiro atoms. The van der Waals surface area contributed by atoms with Crippen molar-refractivity contribution in [2.24, 2.45) is 0 Å². The molecule has 24 nitrogen and oxygen atoms in total. The molecule has 0 aromatic heterocycles. The number of esters is 6. The number of aliphatic hydroxyl groups is 3. The number of aliphatic carboxylic acids is 6. The van der Waals surface area contributed by atoms with Gasteiger partial charge in [0.1, 0.15) is 0 Å². The first-order chi connectivity index (χ1) is 23.1. The summed E-state index contributed by atoms with van der Waals surface area (Å²) in [4.78, 5) is 128. The fraction of sp³-hybridized carbons (Fsp3) is 0.333. The van der Waals surface area contributed by atoms with Gasteiger partial charge >= 0.3 is 160 Å². The van der Waals surface area contributed by atoms with Gasteiger partial charge in [0.2, 0.25) is 0 Å². The molecule has 54 heavy (non-hydrogen) atoms. The maximum atomic E-state index is 11.0. The molecule has 0 fully saturated rings. The zero-order valence-corrected chi connectivity index (χ0v) is 34.7. The third kappa shape index (κ3) is 27.9. The van der Waals surface area contributed by atoms with E-state index in [2.05, 4.69) is 33.9 Å². The summed E-state index contributed by atoms with van der Waals surface area (Å²) in [5, 5.41) is 79.1. The zero-order valence-electron chi connectivity index (χ0n) is 31.7. The molecule has 3 unspecified atom stereocenters. The smallest absolute Gasteiger partial charge is 1.00 e. The first-order valence-electron chi connectivity index (χ1n) is 12.8. The van der Waals surface area contributed by atoms with E-state index < -0.39 is 127 Å². The first kappa shape index (κ1) is 62.3. The molecule has 0 saturated heterocycles. The molecule has 0 amide bonds. The maximum absolute atomic E-state index is 11.0. The summed E-state index contributed by atoms with van der Waals surface area (Å²) in [6.07, 6.45) is -5.07. The molecule has 288 valence electrons. The van der Waals surface area contributed by atoms with E-state index in [4.69, 9.17) is 30.6 Å². The van der Waals surface area contributed by atoms with Crippen LogP contribution in [0.5, 0.6) is 0 Å². The minimum atomic E-state index is -2.82. The molecule has 0 aliphatic rings. The van der Waals surface area contributed by atoms with Crippen molar-refractivity contribution in [2.75, 3.05) is 0 Å². The number of carbonyl (C=O) groups is 12. The van der Waals surface area contributed by atoms with Gasteiger partial charge in [-0.2, -0.15) is 0 Å². The number of carboxylic acids is 6. The Bertz CT molecular complexity index is 1320.